The monoisotopic (exact) mass is 688 g/mol. The minimum atomic E-state index is -2.17. The average Bonchev–Trinajstić information content (AvgIpc) is 3.40. The molecule has 7 nitrogen and oxygen atoms in total. The Labute approximate surface area is 283 Å². The molecule has 236 valence electrons. The van der Waals surface area contributed by atoms with E-state index in [9.17, 15) is 28.7 Å². The fourth-order valence-corrected chi connectivity index (χ4v) is 9.19. The van der Waals surface area contributed by atoms with Crippen molar-refractivity contribution in [2.75, 3.05) is 9.80 Å². The molecule has 0 spiro atoms. The van der Waals surface area contributed by atoms with Crippen LogP contribution in [0.4, 0.5) is 15.8 Å². The standard InChI is InChI=1S/C36H24Cl3FN2O5/c37-19-6-10-21(11-7-19)41-31(44)25-15-14-24-26(28(25)32(41)45)17-35(38)33(46)42(22-12-8-20(40)9-13-22)34(47)36(35,39)30(24)29-23-4-2-1-3-18(23)5-16-27(29)43/h1-14,16,25-26,28,30,43H,15,17H2. The van der Waals surface area contributed by atoms with E-state index in [4.69, 9.17) is 34.8 Å². The van der Waals surface area contributed by atoms with Crippen molar-refractivity contribution in [2.45, 2.75) is 28.5 Å². The molecule has 8 rings (SSSR count). The topological polar surface area (TPSA) is 95.0 Å². The van der Waals surface area contributed by atoms with Gasteiger partial charge in [-0.1, -0.05) is 53.6 Å². The SMILES string of the molecule is O=C1C2CC=C3C(CC4(Cl)C(=O)N(c5ccc(F)cc5)C(=O)C4(Cl)C3c3c(O)ccc4ccccc34)C2C(=O)N1c1ccc(Cl)cc1. The summed E-state index contributed by atoms with van der Waals surface area (Å²) in [5.74, 6) is -6.90. The summed E-state index contributed by atoms with van der Waals surface area (Å²) < 4.78 is 13.9. The molecule has 2 heterocycles. The van der Waals surface area contributed by atoms with Crippen LogP contribution in [0.15, 0.2) is 96.6 Å². The van der Waals surface area contributed by atoms with Gasteiger partial charge < -0.3 is 5.11 Å². The van der Waals surface area contributed by atoms with E-state index in [2.05, 4.69) is 0 Å². The number of carbonyl (C=O) groups is 4. The van der Waals surface area contributed by atoms with Crippen LogP contribution in [0.2, 0.25) is 5.02 Å². The molecule has 6 unspecified atom stereocenters. The van der Waals surface area contributed by atoms with E-state index in [1.54, 1.807) is 42.5 Å². The summed E-state index contributed by atoms with van der Waals surface area (Å²) in [5.41, 5.74) is 1.27. The van der Waals surface area contributed by atoms with Crippen molar-refractivity contribution in [1.29, 1.82) is 0 Å². The maximum atomic E-state index is 14.6. The molecule has 6 atom stereocenters. The molecule has 4 amide bonds. The van der Waals surface area contributed by atoms with Gasteiger partial charge in [0, 0.05) is 16.5 Å². The molecule has 1 N–H and O–H groups in total. The van der Waals surface area contributed by atoms with Crippen molar-refractivity contribution in [3.63, 3.8) is 0 Å². The number of aromatic hydroxyl groups is 1. The molecule has 4 aliphatic rings. The summed E-state index contributed by atoms with van der Waals surface area (Å²) in [6.45, 7) is 0. The van der Waals surface area contributed by atoms with Crippen LogP contribution >= 0.6 is 34.8 Å². The third kappa shape index (κ3) is 3.98. The van der Waals surface area contributed by atoms with Crippen molar-refractivity contribution >= 4 is 80.6 Å². The number of halogens is 4. The number of hydrogen-bond acceptors (Lipinski definition) is 5. The van der Waals surface area contributed by atoms with Gasteiger partial charge in [-0.3, -0.25) is 24.1 Å². The lowest BCUT2D eigenvalue weighted by molar-refractivity contribution is -0.125. The molecule has 2 saturated heterocycles. The second-order valence-corrected chi connectivity index (χ2v) is 14.1. The van der Waals surface area contributed by atoms with Crippen LogP contribution in [0.1, 0.15) is 24.3 Å². The molecule has 0 bridgehead atoms. The Morgan fingerprint density at radius 2 is 1.43 bits per heavy atom. The lowest BCUT2D eigenvalue weighted by Crippen LogP contribution is -2.60. The molecule has 4 aromatic rings. The maximum absolute atomic E-state index is 14.6. The highest BCUT2D eigenvalue weighted by atomic mass is 35.5. The first kappa shape index (κ1) is 30.1. The number of rotatable bonds is 3. The number of nitrogens with zero attached hydrogens (tertiary/aromatic N) is 2. The Bertz CT molecular complexity index is 2090. The number of phenols is 1. The normalized spacial score (nSPS) is 30.0. The number of phenolic OH excluding ortho intramolecular Hbond substituents is 1. The molecule has 4 aromatic carbocycles. The first-order chi connectivity index (χ1) is 22.5. The number of imide groups is 2. The van der Waals surface area contributed by atoms with E-state index >= 15 is 0 Å². The summed E-state index contributed by atoms with van der Waals surface area (Å²) in [6, 6.07) is 21.6. The average molecular weight is 690 g/mol. The first-order valence-electron chi connectivity index (χ1n) is 15.0. The summed E-state index contributed by atoms with van der Waals surface area (Å²) >= 11 is 21.0. The van der Waals surface area contributed by atoms with Gasteiger partial charge in [0.1, 0.15) is 11.6 Å². The third-order valence-electron chi connectivity index (χ3n) is 10.2. The molecule has 3 fully saturated rings. The van der Waals surface area contributed by atoms with E-state index in [0.717, 1.165) is 27.3 Å². The molecule has 1 saturated carbocycles. The lowest BCUT2D eigenvalue weighted by atomic mass is 9.56. The van der Waals surface area contributed by atoms with Crippen molar-refractivity contribution in [2.24, 2.45) is 17.8 Å². The Morgan fingerprint density at radius 1 is 0.766 bits per heavy atom. The summed E-state index contributed by atoms with van der Waals surface area (Å²) in [6.07, 6.45) is 1.75. The molecule has 47 heavy (non-hydrogen) atoms. The number of amides is 4. The Kier molecular flexibility index (Phi) is 6.65. The molecular formula is C36H24Cl3FN2O5. The van der Waals surface area contributed by atoms with Gasteiger partial charge in [-0.15, -0.1) is 23.2 Å². The Morgan fingerprint density at radius 3 is 2.15 bits per heavy atom. The zero-order valence-corrected chi connectivity index (χ0v) is 26.6. The van der Waals surface area contributed by atoms with Gasteiger partial charge in [0.15, 0.2) is 9.75 Å². The van der Waals surface area contributed by atoms with Gasteiger partial charge in [-0.25, -0.2) is 9.29 Å². The lowest BCUT2D eigenvalue weighted by Gasteiger charge is -2.51. The second-order valence-electron chi connectivity index (χ2n) is 12.5. The molecule has 2 aliphatic heterocycles. The van der Waals surface area contributed by atoms with Crippen LogP contribution in [-0.2, 0) is 19.2 Å². The first-order valence-corrected chi connectivity index (χ1v) is 16.2. The van der Waals surface area contributed by atoms with Gasteiger partial charge in [-0.05, 0) is 84.1 Å². The van der Waals surface area contributed by atoms with Crippen LogP contribution in [0.3, 0.4) is 0 Å². The molecule has 11 heteroatoms. The highest BCUT2D eigenvalue weighted by Gasteiger charge is 2.77. The quantitative estimate of drug-likeness (QED) is 0.141. The van der Waals surface area contributed by atoms with E-state index < -0.39 is 62.9 Å². The molecule has 2 aliphatic carbocycles. The zero-order chi connectivity index (χ0) is 33.0. The van der Waals surface area contributed by atoms with Gasteiger partial charge >= 0.3 is 0 Å². The van der Waals surface area contributed by atoms with E-state index in [1.165, 1.54) is 18.2 Å². The largest absolute Gasteiger partial charge is 0.508 e. The molecule has 0 radical (unpaired) electrons. The van der Waals surface area contributed by atoms with Crippen LogP contribution < -0.4 is 9.80 Å². The van der Waals surface area contributed by atoms with Gasteiger partial charge in [0.25, 0.3) is 11.8 Å². The minimum Gasteiger partial charge on any atom is -0.508 e. The van der Waals surface area contributed by atoms with Crippen LogP contribution in [0.25, 0.3) is 10.8 Å². The van der Waals surface area contributed by atoms with Crippen molar-refractivity contribution in [1.82, 2.24) is 0 Å². The number of allylic oxidation sites excluding steroid dienone is 2. The predicted octanol–water partition coefficient (Wildman–Crippen LogP) is 7.11. The minimum absolute atomic E-state index is 0.0765. The third-order valence-corrected chi connectivity index (χ3v) is 11.9. The number of benzene rings is 4. The smallest absolute Gasteiger partial charge is 0.258 e. The zero-order valence-electron chi connectivity index (χ0n) is 24.4. The van der Waals surface area contributed by atoms with Crippen LogP contribution in [-0.4, -0.2) is 38.5 Å². The van der Waals surface area contributed by atoms with Crippen molar-refractivity contribution in [3.8, 4) is 5.75 Å². The van der Waals surface area contributed by atoms with Crippen molar-refractivity contribution < 1.29 is 28.7 Å². The fourth-order valence-electron chi connectivity index (χ4n) is 8.15. The highest BCUT2D eigenvalue weighted by Crippen LogP contribution is 2.67. The molecule has 0 aromatic heterocycles. The van der Waals surface area contributed by atoms with Gasteiger partial charge in [0.05, 0.1) is 23.2 Å². The summed E-state index contributed by atoms with van der Waals surface area (Å²) in [4.78, 5) is 54.9. The number of fused-ring (bicyclic) bond motifs is 5. The molecular weight excluding hydrogens is 666 g/mol. The summed E-state index contributed by atoms with van der Waals surface area (Å²) in [7, 11) is 0. The van der Waals surface area contributed by atoms with Crippen molar-refractivity contribution in [3.05, 3.63) is 113 Å². The van der Waals surface area contributed by atoms with Crippen LogP contribution in [0.5, 0.6) is 5.75 Å². The second kappa shape index (κ2) is 10.4. The highest BCUT2D eigenvalue weighted by molar-refractivity contribution is 6.58. The van der Waals surface area contributed by atoms with Crippen LogP contribution in [0, 0.1) is 23.6 Å². The number of alkyl halides is 2. The van der Waals surface area contributed by atoms with E-state index in [0.29, 0.717) is 21.7 Å². The van der Waals surface area contributed by atoms with Gasteiger partial charge in [-0.2, -0.15) is 0 Å². The Balaban J connectivity index is 1.35. The number of hydrogen-bond donors (Lipinski definition) is 1. The maximum Gasteiger partial charge on any atom is 0.258 e. The number of anilines is 2. The summed E-state index contributed by atoms with van der Waals surface area (Å²) in [5, 5.41) is 13.3. The Hall–Kier alpha value is -4.24. The van der Waals surface area contributed by atoms with Gasteiger partial charge in [0.2, 0.25) is 11.8 Å². The number of carbonyl (C=O) groups excluding carboxylic acids is 4. The predicted molar refractivity (Wildman–Crippen MR) is 176 cm³/mol. The van der Waals surface area contributed by atoms with E-state index in [-0.39, 0.29) is 29.8 Å². The van der Waals surface area contributed by atoms with E-state index in [1.807, 2.05) is 18.2 Å². The fraction of sp³-hybridized carbons (Fsp3) is 0.222.